The predicted molar refractivity (Wildman–Crippen MR) is 43.4 cm³/mol. The molecule has 0 aliphatic heterocycles. The maximum absolute atomic E-state index is 11.6. The van der Waals surface area contributed by atoms with Gasteiger partial charge in [-0.15, -0.1) is 0 Å². The lowest BCUT2D eigenvalue weighted by molar-refractivity contribution is -0.00638. The van der Waals surface area contributed by atoms with Crippen LogP contribution in [0.1, 0.15) is 19.4 Å². The van der Waals surface area contributed by atoms with Gasteiger partial charge in [0.25, 0.3) is 0 Å². The number of rotatable bonds is 2. The Morgan fingerprint density at radius 2 is 1.75 bits per heavy atom. The Kier molecular flexibility index (Phi) is 2.33. The Balaban J connectivity index is 2.93. The third-order valence-electron chi connectivity index (χ3n) is 1.65. The first kappa shape index (κ1) is 9.00. The molecule has 0 saturated carbocycles. The number of halogens is 1. The number of benzene rings is 1. The standard InChI is InChI=1S/C9H11FO2/c1-9(2,11)7-3-5-8(12-10)6-4-7/h3-6,11H,1-2H3. The molecule has 3 heteroatoms. The van der Waals surface area contributed by atoms with Gasteiger partial charge in [-0.1, -0.05) is 12.1 Å². The molecular weight excluding hydrogens is 159 g/mol. The van der Waals surface area contributed by atoms with E-state index >= 15 is 0 Å². The van der Waals surface area contributed by atoms with Gasteiger partial charge >= 0.3 is 0 Å². The number of hydrogen-bond acceptors (Lipinski definition) is 2. The minimum absolute atomic E-state index is 0.142. The van der Waals surface area contributed by atoms with Crippen molar-refractivity contribution in [2.75, 3.05) is 0 Å². The second kappa shape index (κ2) is 3.11. The molecule has 0 aliphatic rings. The molecule has 0 aliphatic carbocycles. The minimum atomic E-state index is -0.894. The van der Waals surface area contributed by atoms with Crippen LogP contribution < -0.4 is 4.94 Å². The average Bonchev–Trinajstić information content (AvgIpc) is 2.03. The van der Waals surface area contributed by atoms with Crippen molar-refractivity contribution >= 4 is 0 Å². The second-order valence-corrected chi connectivity index (χ2v) is 3.16. The topological polar surface area (TPSA) is 29.5 Å². The van der Waals surface area contributed by atoms with Gasteiger partial charge in [0.15, 0.2) is 5.75 Å². The molecular formula is C9H11FO2. The van der Waals surface area contributed by atoms with E-state index in [0.29, 0.717) is 0 Å². The number of hydrogen-bond donors (Lipinski definition) is 1. The molecule has 1 aromatic rings. The molecule has 0 atom stereocenters. The normalized spacial score (nSPS) is 11.3. The molecule has 0 amide bonds. The fourth-order valence-electron chi connectivity index (χ4n) is 0.914. The maximum Gasteiger partial charge on any atom is 0.171 e. The van der Waals surface area contributed by atoms with E-state index in [4.69, 9.17) is 0 Å². The Bertz CT molecular complexity index is 248. The Labute approximate surface area is 70.5 Å². The van der Waals surface area contributed by atoms with Gasteiger partial charge in [-0.2, -0.15) is 0 Å². The van der Waals surface area contributed by atoms with E-state index < -0.39 is 5.60 Å². The van der Waals surface area contributed by atoms with Crippen LogP contribution in [0.3, 0.4) is 0 Å². The summed E-state index contributed by atoms with van der Waals surface area (Å²) in [6.45, 7) is 3.33. The average molecular weight is 170 g/mol. The van der Waals surface area contributed by atoms with E-state index in [2.05, 4.69) is 4.94 Å². The summed E-state index contributed by atoms with van der Waals surface area (Å²) in [6.07, 6.45) is 0. The van der Waals surface area contributed by atoms with Gasteiger partial charge < -0.3 is 5.11 Å². The monoisotopic (exact) mass is 170 g/mol. The molecule has 12 heavy (non-hydrogen) atoms. The largest absolute Gasteiger partial charge is 0.386 e. The smallest absolute Gasteiger partial charge is 0.171 e. The molecule has 0 radical (unpaired) electrons. The van der Waals surface area contributed by atoms with E-state index in [-0.39, 0.29) is 5.75 Å². The summed E-state index contributed by atoms with van der Waals surface area (Å²) in [6, 6.07) is 6.17. The molecule has 0 aromatic heterocycles. The molecule has 0 bridgehead atoms. The zero-order valence-electron chi connectivity index (χ0n) is 7.04. The Morgan fingerprint density at radius 3 is 2.08 bits per heavy atom. The quantitative estimate of drug-likeness (QED) is 0.737. The lowest BCUT2D eigenvalue weighted by atomic mass is 9.99. The lowest BCUT2D eigenvalue weighted by Crippen LogP contribution is -2.14. The summed E-state index contributed by atoms with van der Waals surface area (Å²) in [5.41, 5.74) is -0.169. The second-order valence-electron chi connectivity index (χ2n) is 3.16. The van der Waals surface area contributed by atoms with Gasteiger partial charge in [0.2, 0.25) is 0 Å². The molecule has 66 valence electrons. The van der Waals surface area contributed by atoms with Crippen molar-refractivity contribution in [1.29, 1.82) is 0 Å². The van der Waals surface area contributed by atoms with Crippen LogP contribution in [-0.4, -0.2) is 5.11 Å². The zero-order chi connectivity index (χ0) is 9.19. The summed E-state index contributed by atoms with van der Waals surface area (Å²) in [7, 11) is 0. The van der Waals surface area contributed by atoms with Gasteiger partial charge in [-0.3, -0.25) is 4.94 Å². The Hall–Kier alpha value is -1.09. The zero-order valence-corrected chi connectivity index (χ0v) is 7.04. The molecule has 1 N–H and O–H groups in total. The third kappa shape index (κ3) is 1.95. The highest BCUT2D eigenvalue weighted by Gasteiger charge is 2.15. The van der Waals surface area contributed by atoms with Crippen molar-refractivity contribution in [3.05, 3.63) is 29.8 Å². The van der Waals surface area contributed by atoms with Crippen LogP contribution in [-0.2, 0) is 5.60 Å². The van der Waals surface area contributed by atoms with Crippen molar-refractivity contribution in [2.24, 2.45) is 0 Å². The van der Waals surface area contributed by atoms with Crippen LogP contribution in [0.4, 0.5) is 4.53 Å². The van der Waals surface area contributed by atoms with E-state index in [9.17, 15) is 9.63 Å². The fourth-order valence-corrected chi connectivity index (χ4v) is 0.914. The van der Waals surface area contributed by atoms with Gasteiger partial charge in [0, 0.05) is 4.53 Å². The van der Waals surface area contributed by atoms with Crippen LogP contribution >= 0.6 is 0 Å². The third-order valence-corrected chi connectivity index (χ3v) is 1.65. The SMILES string of the molecule is CC(C)(O)c1ccc(OF)cc1. The van der Waals surface area contributed by atoms with E-state index in [1.165, 1.54) is 12.1 Å². The molecule has 0 heterocycles. The summed E-state index contributed by atoms with van der Waals surface area (Å²) >= 11 is 0. The molecule has 0 fully saturated rings. The van der Waals surface area contributed by atoms with Crippen LogP contribution in [0.15, 0.2) is 24.3 Å². The summed E-state index contributed by atoms with van der Waals surface area (Å²) in [5.74, 6) is 0.142. The van der Waals surface area contributed by atoms with Crippen LogP contribution in [0.2, 0.25) is 0 Å². The fraction of sp³-hybridized carbons (Fsp3) is 0.333. The first-order chi connectivity index (χ1) is 5.54. The molecule has 0 saturated heterocycles. The summed E-state index contributed by atoms with van der Waals surface area (Å²) in [5, 5.41) is 9.52. The molecule has 1 aromatic carbocycles. The minimum Gasteiger partial charge on any atom is -0.386 e. The Morgan fingerprint density at radius 1 is 1.25 bits per heavy atom. The summed E-state index contributed by atoms with van der Waals surface area (Å²) in [4.78, 5) is 3.50. The van der Waals surface area contributed by atoms with Gasteiger partial charge in [-0.05, 0) is 31.5 Å². The first-order valence-electron chi connectivity index (χ1n) is 3.65. The van der Waals surface area contributed by atoms with Crippen molar-refractivity contribution < 1.29 is 14.6 Å². The van der Waals surface area contributed by atoms with Gasteiger partial charge in [0.1, 0.15) is 0 Å². The predicted octanol–water partition coefficient (Wildman–Crippen LogP) is 2.18. The van der Waals surface area contributed by atoms with Crippen molar-refractivity contribution in [1.82, 2.24) is 0 Å². The highest BCUT2D eigenvalue weighted by Crippen LogP contribution is 2.22. The molecule has 0 unspecified atom stereocenters. The highest BCUT2D eigenvalue weighted by molar-refractivity contribution is 5.29. The maximum atomic E-state index is 11.6. The summed E-state index contributed by atoms with van der Waals surface area (Å²) < 4.78 is 11.6. The van der Waals surface area contributed by atoms with Gasteiger partial charge in [0.05, 0.1) is 5.60 Å². The molecule has 1 rings (SSSR count). The van der Waals surface area contributed by atoms with Crippen LogP contribution in [0.25, 0.3) is 0 Å². The lowest BCUT2D eigenvalue weighted by Gasteiger charge is -2.17. The highest BCUT2D eigenvalue weighted by atomic mass is 19.3. The van der Waals surface area contributed by atoms with E-state index in [1.54, 1.807) is 26.0 Å². The van der Waals surface area contributed by atoms with Crippen LogP contribution in [0, 0.1) is 0 Å². The number of aliphatic hydroxyl groups is 1. The van der Waals surface area contributed by atoms with Gasteiger partial charge in [-0.25, -0.2) is 0 Å². The molecule has 2 nitrogen and oxygen atoms in total. The van der Waals surface area contributed by atoms with E-state index in [0.717, 1.165) is 5.56 Å². The van der Waals surface area contributed by atoms with E-state index in [1.807, 2.05) is 0 Å². The van der Waals surface area contributed by atoms with Crippen molar-refractivity contribution in [3.63, 3.8) is 0 Å². The van der Waals surface area contributed by atoms with Crippen molar-refractivity contribution in [2.45, 2.75) is 19.4 Å². The van der Waals surface area contributed by atoms with Crippen LogP contribution in [0.5, 0.6) is 5.75 Å². The molecule has 0 spiro atoms. The van der Waals surface area contributed by atoms with Crippen molar-refractivity contribution in [3.8, 4) is 5.75 Å². The first-order valence-corrected chi connectivity index (χ1v) is 3.65.